The van der Waals surface area contributed by atoms with Crippen molar-refractivity contribution in [3.05, 3.63) is 36.2 Å². The lowest BCUT2D eigenvalue weighted by atomic mass is 10.2. The highest BCUT2D eigenvalue weighted by molar-refractivity contribution is 5.49. The second-order valence-corrected chi connectivity index (χ2v) is 4.14. The second kappa shape index (κ2) is 6.13. The number of aromatic nitrogens is 2. The molecule has 5 nitrogen and oxygen atoms in total. The van der Waals surface area contributed by atoms with E-state index < -0.39 is 0 Å². The lowest BCUT2D eigenvalue weighted by molar-refractivity contribution is 0.309. The maximum absolute atomic E-state index is 5.56. The average molecular weight is 261 g/mol. The Bertz CT molecular complexity index is 537. The van der Waals surface area contributed by atoms with Gasteiger partial charge in [0.25, 0.3) is 0 Å². The van der Waals surface area contributed by atoms with Gasteiger partial charge >= 0.3 is 0 Å². The van der Waals surface area contributed by atoms with Crippen molar-refractivity contribution in [2.45, 2.75) is 13.5 Å². The molecular weight excluding hydrogens is 242 g/mol. The first-order chi connectivity index (χ1) is 9.24. The fourth-order valence-corrected chi connectivity index (χ4v) is 1.91. The van der Waals surface area contributed by atoms with Crippen molar-refractivity contribution < 1.29 is 9.47 Å². The standard InChI is InChI=1S/C14H19N3O2/c1-4-19-13-7-5-6-11(14(13)18-3)8-15-12-9-16-17(2)10-12/h5-7,9-10,15H,4,8H2,1-3H3. The van der Waals surface area contributed by atoms with Crippen molar-refractivity contribution in [1.82, 2.24) is 9.78 Å². The van der Waals surface area contributed by atoms with Gasteiger partial charge in [0.1, 0.15) is 0 Å². The van der Waals surface area contributed by atoms with Gasteiger partial charge in [-0.2, -0.15) is 5.10 Å². The van der Waals surface area contributed by atoms with Crippen LogP contribution in [0.4, 0.5) is 5.69 Å². The quantitative estimate of drug-likeness (QED) is 0.867. The maximum Gasteiger partial charge on any atom is 0.165 e. The van der Waals surface area contributed by atoms with Crippen molar-refractivity contribution in [3.8, 4) is 11.5 Å². The van der Waals surface area contributed by atoms with Crippen LogP contribution in [0.5, 0.6) is 11.5 Å². The highest BCUT2D eigenvalue weighted by atomic mass is 16.5. The van der Waals surface area contributed by atoms with E-state index in [1.54, 1.807) is 18.0 Å². The Labute approximate surface area is 113 Å². The molecule has 1 aromatic heterocycles. The van der Waals surface area contributed by atoms with Gasteiger partial charge in [-0.05, 0) is 13.0 Å². The number of methoxy groups -OCH3 is 1. The van der Waals surface area contributed by atoms with Crippen LogP contribution in [-0.4, -0.2) is 23.5 Å². The molecule has 0 saturated carbocycles. The summed E-state index contributed by atoms with van der Waals surface area (Å²) in [4.78, 5) is 0. The predicted octanol–water partition coefficient (Wildman–Crippen LogP) is 2.44. The number of hydrogen-bond acceptors (Lipinski definition) is 4. The third-order valence-corrected chi connectivity index (χ3v) is 2.75. The summed E-state index contributed by atoms with van der Waals surface area (Å²) >= 11 is 0. The normalized spacial score (nSPS) is 10.3. The molecule has 19 heavy (non-hydrogen) atoms. The zero-order chi connectivity index (χ0) is 13.7. The summed E-state index contributed by atoms with van der Waals surface area (Å²) in [5.41, 5.74) is 2.03. The molecule has 0 bridgehead atoms. The monoisotopic (exact) mass is 261 g/mol. The summed E-state index contributed by atoms with van der Waals surface area (Å²) < 4.78 is 12.8. The molecule has 1 heterocycles. The minimum atomic E-state index is 0.621. The summed E-state index contributed by atoms with van der Waals surface area (Å²) in [6.07, 6.45) is 3.72. The highest BCUT2D eigenvalue weighted by Crippen LogP contribution is 2.31. The SMILES string of the molecule is CCOc1cccc(CNc2cnn(C)c2)c1OC. The molecule has 1 aromatic carbocycles. The molecule has 0 aliphatic rings. The van der Waals surface area contributed by atoms with Gasteiger partial charge < -0.3 is 14.8 Å². The van der Waals surface area contributed by atoms with E-state index in [2.05, 4.69) is 10.4 Å². The van der Waals surface area contributed by atoms with Crippen LogP contribution in [0, 0.1) is 0 Å². The van der Waals surface area contributed by atoms with Crippen LogP contribution in [0.1, 0.15) is 12.5 Å². The number of hydrogen-bond donors (Lipinski definition) is 1. The van der Waals surface area contributed by atoms with E-state index in [-0.39, 0.29) is 0 Å². The van der Waals surface area contributed by atoms with Gasteiger partial charge in [0, 0.05) is 25.4 Å². The molecule has 0 radical (unpaired) electrons. The number of para-hydroxylation sites is 1. The Morgan fingerprint density at radius 3 is 2.84 bits per heavy atom. The Morgan fingerprint density at radius 1 is 1.37 bits per heavy atom. The van der Waals surface area contributed by atoms with E-state index in [4.69, 9.17) is 9.47 Å². The summed E-state index contributed by atoms with van der Waals surface area (Å²) in [5, 5.41) is 7.42. The molecule has 0 aliphatic carbocycles. The van der Waals surface area contributed by atoms with E-state index in [9.17, 15) is 0 Å². The Kier molecular flexibility index (Phi) is 4.28. The van der Waals surface area contributed by atoms with Crippen LogP contribution in [0.3, 0.4) is 0 Å². The van der Waals surface area contributed by atoms with Gasteiger partial charge in [0.15, 0.2) is 11.5 Å². The number of benzene rings is 1. The van der Waals surface area contributed by atoms with Gasteiger partial charge in [-0.15, -0.1) is 0 Å². The fraction of sp³-hybridized carbons (Fsp3) is 0.357. The zero-order valence-electron chi connectivity index (χ0n) is 11.5. The molecule has 0 aliphatic heterocycles. The molecule has 0 amide bonds. The van der Waals surface area contributed by atoms with Gasteiger partial charge in [-0.3, -0.25) is 4.68 Å². The minimum Gasteiger partial charge on any atom is -0.493 e. The van der Waals surface area contributed by atoms with Crippen LogP contribution < -0.4 is 14.8 Å². The number of anilines is 1. The molecule has 5 heteroatoms. The third-order valence-electron chi connectivity index (χ3n) is 2.75. The molecule has 2 rings (SSSR count). The average Bonchev–Trinajstić information content (AvgIpc) is 2.83. The van der Waals surface area contributed by atoms with Crippen LogP contribution in [-0.2, 0) is 13.6 Å². The summed E-state index contributed by atoms with van der Waals surface area (Å²) in [6.45, 7) is 3.24. The fourth-order valence-electron chi connectivity index (χ4n) is 1.91. The maximum atomic E-state index is 5.56. The minimum absolute atomic E-state index is 0.621. The van der Waals surface area contributed by atoms with Crippen LogP contribution in [0.2, 0.25) is 0 Å². The predicted molar refractivity (Wildman–Crippen MR) is 74.7 cm³/mol. The number of rotatable bonds is 6. The summed E-state index contributed by atoms with van der Waals surface area (Å²) in [7, 11) is 3.55. The largest absolute Gasteiger partial charge is 0.493 e. The molecule has 102 valence electrons. The second-order valence-electron chi connectivity index (χ2n) is 4.14. The van der Waals surface area contributed by atoms with Gasteiger partial charge in [0.05, 0.1) is 25.6 Å². The first-order valence-electron chi connectivity index (χ1n) is 6.25. The van der Waals surface area contributed by atoms with E-state index in [1.165, 1.54) is 0 Å². The lowest BCUT2D eigenvalue weighted by Gasteiger charge is -2.14. The van der Waals surface area contributed by atoms with Gasteiger partial charge in [0.2, 0.25) is 0 Å². The van der Waals surface area contributed by atoms with Crippen LogP contribution in [0.15, 0.2) is 30.6 Å². The van der Waals surface area contributed by atoms with Gasteiger partial charge in [-0.1, -0.05) is 12.1 Å². The lowest BCUT2D eigenvalue weighted by Crippen LogP contribution is -2.03. The number of aryl methyl sites for hydroxylation is 1. The summed E-state index contributed by atoms with van der Waals surface area (Å²) in [5.74, 6) is 1.55. The molecule has 0 saturated heterocycles. The summed E-state index contributed by atoms with van der Waals surface area (Å²) in [6, 6.07) is 5.90. The molecular formula is C14H19N3O2. The molecule has 0 unspecified atom stereocenters. The first kappa shape index (κ1) is 13.3. The highest BCUT2D eigenvalue weighted by Gasteiger charge is 2.09. The van der Waals surface area contributed by atoms with Crippen molar-refractivity contribution in [2.75, 3.05) is 19.0 Å². The van der Waals surface area contributed by atoms with Crippen molar-refractivity contribution in [3.63, 3.8) is 0 Å². The molecule has 1 N–H and O–H groups in total. The van der Waals surface area contributed by atoms with Crippen molar-refractivity contribution in [1.29, 1.82) is 0 Å². The van der Waals surface area contributed by atoms with E-state index in [0.717, 1.165) is 22.7 Å². The number of nitrogens with one attached hydrogen (secondary N) is 1. The Hall–Kier alpha value is -2.17. The smallest absolute Gasteiger partial charge is 0.165 e. The Morgan fingerprint density at radius 2 is 2.21 bits per heavy atom. The van der Waals surface area contributed by atoms with Gasteiger partial charge in [-0.25, -0.2) is 0 Å². The molecule has 0 atom stereocenters. The third kappa shape index (κ3) is 3.19. The number of ether oxygens (including phenoxy) is 2. The van der Waals surface area contributed by atoms with E-state index in [1.807, 2.05) is 38.4 Å². The van der Waals surface area contributed by atoms with Crippen LogP contribution in [0.25, 0.3) is 0 Å². The van der Waals surface area contributed by atoms with E-state index in [0.29, 0.717) is 13.2 Å². The topological polar surface area (TPSA) is 48.3 Å². The number of nitrogens with zero attached hydrogens (tertiary/aromatic N) is 2. The Balaban J connectivity index is 2.13. The van der Waals surface area contributed by atoms with E-state index >= 15 is 0 Å². The van der Waals surface area contributed by atoms with Crippen molar-refractivity contribution in [2.24, 2.45) is 7.05 Å². The first-order valence-corrected chi connectivity index (χ1v) is 6.25. The molecule has 2 aromatic rings. The zero-order valence-corrected chi connectivity index (χ0v) is 11.5. The van der Waals surface area contributed by atoms with Crippen LogP contribution >= 0.6 is 0 Å². The molecule has 0 spiro atoms. The van der Waals surface area contributed by atoms with Crippen molar-refractivity contribution >= 4 is 5.69 Å². The molecule has 0 fully saturated rings.